The van der Waals surface area contributed by atoms with E-state index in [4.69, 9.17) is 35.3 Å². The lowest BCUT2D eigenvalue weighted by atomic mass is 9.78. The van der Waals surface area contributed by atoms with Crippen LogP contribution < -0.4 is 9.64 Å². The highest BCUT2D eigenvalue weighted by Crippen LogP contribution is 2.49. The average Bonchev–Trinajstić information content (AvgIpc) is 3.73. The van der Waals surface area contributed by atoms with Gasteiger partial charge in [-0.1, -0.05) is 42.3 Å². The minimum absolute atomic E-state index is 0.0675. The third kappa shape index (κ3) is 7.72. The van der Waals surface area contributed by atoms with E-state index in [1.807, 2.05) is 19.9 Å². The zero-order valence-corrected chi connectivity index (χ0v) is 29.8. The van der Waals surface area contributed by atoms with E-state index in [2.05, 4.69) is 0 Å². The van der Waals surface area contributed by atoms with Crippen LogP contribution in [0.2, 0.25) is 5.02 Å². The molecule has 0 spiro atoms. The van der Waals surface area contributed by atoms with Crippen molar-refractivity contribution in [3.05, 3.63) is 46.5 Å². The zero-order valence-electron chi connectivity index (χ0n) is 29.1. The van der Waals surface area contributed by atoms with E-state index in [0.717, 1.165) is 11.1 Å². The van der Waals surface area contributed by atoms with Crippen molar-refractivity contribution < 1.29 is 48.0 Å². The molecule has 1 N–H and O–H groups in total. The van der Waals surface area contributed by atoms with Gasteiger partial charge in [0.1, 0.15) is 46.3 Å². The monoisotopic (exact) mass is 690 g/mol. The molecule has 0 radical (unpaired) electrons. The van der Waals surface area contributed by atoms with Crippen LogP contribution in [0.4, 0.5) is 5.69 Å². The molecule has 0 saturated carbocycles. The van der Waals surface area contributed by atoms with E-state index < -0.39 is 65.4 Å². The first-order chi connectivity index (χ1) is 22.4. The van der Waals surface area contributed by atoms with Crippen molar-refractivity contribution in [2.45, 2.75) is 102 Å². The van der Waals surface area contributed by atoms with Gasteiger partial charge in [-0.3, -0.25) is 14.4 Å². The molecule has 1 aromatic rings. The molecule has 2 fully saturated rings. The third-order valence-corrected chi connectivity index (χ3v) is 10.3. The van der Waals surface area contributed by atoms with Gasteiger partial charge in [-0.2, -0.15) is 0 Å². The molecular weight excluding hydrogens is 644 g/mol. The Bertz CT molecular complexity index is 1500. The molecule has 4 bridgehead atoms. The number of amides is 2. The first kappa shape index (κ1) is 37.4. The van der Waals surface area contributed by atoms with Crippen molar-refractivity contribution in [1.29, 1.82) is 0 Å². The first-order valence-corrected chi connectivity index (χ1v) is 16.4. The Kier molecular flexibility index (Phi) is 11.3. The lowest BCUT2D eigenvalue weighted by molar-refractivity contribution is -0.187. The van der Waals surface area contributed by atoms with Crippen molar-refractivity contribution in [2.24, 2.45) is 5.92 Å². The number of hydrogen-bond acceptors (Lipinski definition) is 10. The van der Waals surface area contributed by atoms with Crippen molar-refractivity contribution in [2.75, 3.05) is 33.2 Å². The van der Waals surface area contributed by atoms with Gasteiger partial charge in [0.2, 0.25) is 11.8 Å². The minimum atomic E-state index is -1.56. The van der Waals surface area contributed by atoms with Gasteiger partial charge in [0.25, 0.3) is 0 Å². The molecule has 0 aromatic heterocycles. The number of aliphatic hydroxyl groups is 1. The molecule has 12 nitrogen and oxygen atoms in total. The molecule has 3 aliphatic rings. The number of ether oxygens (including phenoxy) is 5. The number of fused-ring (bicyclic) bond motifs is 5. The molecule has 0 aliphatic carbocycles. The van der Waals surface area contributed by atoms with Gasteiger partial charge in [0.05, 0.1) is 31.7 Å². The molecule has 13 heteroatoms. The SMILES string of the molecule is COc1cc2cc(c1Cl)N(C)C(=O)C[C@H](OC(=O)[C@H](C)N(C)C(C)=O)[C@]1(C)O[C@@H]1[C@H](C)[C@@H]1C[C@@](O)(CC(=O)O1)[C@H](OC)/C=C/C=C(\C)C2. The van der Waals surface area contributed by atoms with Gasteiger partial charge >= 0.3 is 11.9 Å². The molecule has 4 rings (SSSR count). The van der Waals surface area contributed by atoms with Crippen LogP contribution in [0.1, 0.15) is 59.4 Å². The standard InChI is InChI=1S/C35H47ClN2O10/c1-19-11-10-12-27(45-9)35(43)17-26(46-30(41)18-35)20(2)32-34(5,48-32)28(47-33(42)21(3)37(6)22(4)39)16-29(40)38(7)24-14-23(13-19)15-25(44-8)31(24)36/h10-12,14-15,20-21,26-28,32,43H,13,16-18H2,1-9H3/b12-10+,19-11+/t20-,21+,26+,27-,28+,32-,34+,35-/m1/s1. The summed E-state index contributed by atoms with van der Waals surface area (Å²) >= 11 is 6.72. The van der Waals surface area contributed by atoms with E-state index in [9.17, 15) is 24.3 Å². The Hall–Kier alpha value is -3.45. The number of rotatable bonds is 5. The van der Waals surface area contributed by atoms with E-state index in [0.29, 0.717) is 17.9 Å². The van der Waals surface area contributed by atoms with Crippen molar-refractivity contribution in [1.82, 2.24) is 4.90 Å². The fourth-order valence-corrected chi connectivity index (χ4v) is 6.84. The highest BCUT2D eigenvalue weighted by molar-refractivity contribution is 6.35. The largest absolute Gasteiger partial charge is 0.495 e. The van der Waals surface area contributed by atoms with Crippen molar-refractivity contribution >= 4 is 41.0 Å². The van der Waals surface area contributed by atoms with Crippen molar-refractivity contribution in [3.63, 3.8) is 0 Å². The van der Waals surface area contributed by atoms with Crippen LogP contribution >= 0.6 is 11.6 Å². The van der Waals surface area contributed by atoms with Crippen LogP contribution in [0.25, 0.3) is 0 Å². The van der Waals surface area contributed by atoms with E-state index in [-0.39, 0.29) is 30.2 Å². The number of halogens is 1. The molecule has 2 amide bonds. The predicted molar refractivity (Wildman–Crippen MR) is 178 cm³/mol. The predicted octanol–water partition coefficient (Wildman–Crippen LogP) is 3.78. The zero-order chi connectivity index (χ0) is 35.7. The van der Waals surface area contributed by atoms with Crippen LogP contribution in [-0.4, -0.2) is 104 Å². The molecule has 3 aliphatic heterocycles. The summed E-state index contributed by atoms with van der Waals surface area (Å²) in [7, 11) is 6.02. The fourth-order valence-electron chi connectivity index (χ4n) is 6.53. The maximum Gasteiger partial charge on any atom is 0.328 e. The summed E-state index contributed by atoms with van der Waals surface area (Å²) in [5.41, 5.74) is -0.560. The number of hydrogen-bond donors (Lipinski definition) is 1. The van der Waals surface area contributed by atoms with Gasteiger partial charge < -0.3 is 38.6 Å². The third-order valence-electron chi connectivity index (χ3n) is 9.89. The quantitative estimate of drug-likeness (QED) is 0.358. The summed E-state index contributed by atoms with van der Waals surface area (Å²) in [6.45, 7) is 8.36. The maximum absolute atomic E-state index is 14.0. The fraction of sp³-hybridized carbons (Fsp3) is 0.600. The molecule has 0 unspecified atom stereocenters. The second kappa shape index (κ2) is 14.6. The van der Waals surface area contributed by atoms with Crippen molar-refractivity contribution in [3.8, 4) is 5.75 Å². The number of carbonyl (C=O) groups excluding carboxylic acids is 4. The van der Waals surface area contributed by atoms with Crippen LogP contribution in [0, 0.1) is 5.92 Å². The number of allylic oxidation sites excluding steroid dienone is 3. The number of epoxide rings is 1. The second-order valence-corrected chi connectivity index (χ2v) is 13.7. The molecule has 1 aromatic carbocycles. The number of anilines is 1. The van der Waals surface area contributed by atoms with Gasteiger partial charge in [0, 0.05) is 40.5 Å². The van der Waals surface area contributed by atoms with Gasteiger partial charge in [0.15, 0.2) is 0 Å². The lowest BCUT2D eigenvalue weighted by Crippen LogP contribution is -2.53. The van der Waals surface area contributed by atoms with Crippen LogP contribution in [0.5, 0.6) is 5.75 Å². The topological polar surface area (TPSA) is 144 Å². The number of nitrogens with zero attached hydrogens (tertiary/aromatic N) is 2. The number of carbonyl (C=O) groups is 4. The van der Waals surface area contributed by atoms with Crippen LogP contribution in [0.3, 0.4) is 0 Å². The lowest BCUT2D eigenvalue weighted by Gasteiger charge is -2.41. The van der Waals surface area contributed by atoms with E-state index in [1.165, 1.54) is 44.9 Å². The maximum atomic E-state index is 14.0. The summed E-state index contributed by atoms with van der Waals surface area (Å²) in [6, 6.07) is 2.66. The van der Waals surface area contributed by atoms with Gasteiger partial charge in [-0.05, 0) is 44.9 Å². The number of methoxy groups -OCH3 is 2. The Morgan fingerprint density at radius 3 is 2.54 bits per heavy atom. The smallest absolute Gasteiger partial charge is 0.328 e. The highest BCUT2D eigenvalue weighted by atomic mass is 35.5. The average molecular weight is 691 g/mol. The summed E-state index contributed by atoms with van der Waals surface area (Å²) < 4.78 is 29.1. The number of likely N-dealkylation sites (N-methyl/N-ethyl adjacent to an activating group) is 1. The summed E-state index contributed by atoms with van der Waals surface area (Å²) in [4.78, 5) is 54.9. The molecule has 3 heterocycles. The highest BCUT2D eigenvalue weighted by Gasteiger charge is 2.64. The Labute approximate surface area is 286 Å². The van der Waals surface area contributed by atoms with Crippen LogP contribution in [0.15, 0.2) is 35.9 Å². The van der Waals surface area contributed by atoms with Gasteiger partial charge in [-0.15, -0.1) is 0 Å². The normalized spacial score (nSPS) is 33.4. The van der Waals surface area contributed by atoms with Crippen LogP contribution in [-0.2, 0) is 44.5 Å². The molecule has 264 valence electrons. The second-order valence-electron chi connectivity index (χ2n) is 13.3. The molecular formula is C35H47ClN2O10. The summed E-state index contributed by atoms with van der Waals surface area (Å²) in [5, 5.41) is 12.0. The summed E-state index contributed by atoms with van der Waals surface area (Å²) in [6.07, 6.45) is 2.07. The Balaban J connectivity index is 1.80. The number of benzene rings is 1. The molecule has 2 saturated heterocycles. The van der Waals surface area contributed by atoms with Gasteiger partial charge in [-0.25, -0.2) is 4.79 Å². The summed E-state index contributed by atoms with van der Waals surface area (Å²) in [5.74, 6) is -2.14. The van der Waals surface area contributed by atoms with E-state index in [1.54, 1.807) is 38.3 Å². The Morgan fingerprint density at radius 2 is 1.92 bits per heavy atom. The molecule has 8 atom stereocenters. The number of esters is 2. The van der Waals surface area contributed by atoms with E-state index >= 15 is 0 Å². The molecule has 48 heavy (non-hydrogen) atoms. The minimum Gasteiger partial charge on any atom is -0.495 e. The Morgan fingerprint density at radius 1 is 1.23 bits per heavy atom. The first-order valence-electron chi connectivity index (χ1n) is 16.0.